The zero-order valence-electron chi connectivity index (χ0n) is 14.5. The minimum atomic E-state index is -0.261. The molecule has 5 heteroatoms. The number of amides is 1. The van der Waals surface area contributed by atoms with Gasteiger partial charge in [-0.1, -0.05) is 6.07 Å². The third-order valence-electron chi connectivity index (χ3n) is 5.42. The van der Waals surface area contributed by atoms with Gasteiger partial charge in [-0.25, -0.2) is 4.39 Å². The number of methoxy groups -OCH3 is 1. The fourth-order valence-corrected chi connectivity index (χ4v) is 4.13. The molecular weight excluding hydrogens is 309 g/mol. The Morgan fingerprint density at radius 2 is 2.33 bits per heavy atom. The number of halogens is 1. The molecule has 0 spiro atoms. The van der Waals surface area contributed by atoms with Crippen molar-refractivity contribution in [2.24, 2.45) is 5.41 Å². The first-order chi connectivity index (χ1) is 11.5. The van der Waals surface area contributed by atoms with Gasteiger partial charge in [0.25, 0.3) is 0 Å². The van der Waals surface area contributed by atoms with E-state index in [0.717, 1.165) is 43.5 Å². The van der Waals surface area contributed by atoms with Crippen molar-refractivity contribution in [2.45, 2.75) is 38.7 Å². The van der Waals surface area contributed by atoms with Crippen molar-refractivity contribution in [3.63, 3.8) is 0 Å². The second-order valence-electron chi connectivity index (χ2n) is 7.11. The molecule has 0 saturated carbocycles. The van der Waals surface area contributed by atoms with E-state index < -0.39 is 0 Å². The third kappa shape index (κ3) is 3.47. The van der Waals surface area contributed by atoms with Crippen molar-refractivity contribution in [1.29, 1.82) is 0 Å². The van der Waals surface area contributed by atoms with Crippen molar-refractivity contribution in [1.82, 2.24) is 4.90 Å². The van der Waals surface area contributed by atoms with Gasteiger partial charge >= 0.3 is 0 Å². The molecule has 0 unspecified atom stereocenters. The molecule has 0 aromatic heterocycles. The van der Waals surface area contributed by atoms with Crippen LogP contribution in [0.4, 0.5) is 4.39 Å². The van der Waals surface area contributed by atoms with Gasteiger partial charge in [0.15, 0.2) is 0 Å². The number of carbonyl (C=O) groups excluding carboxylic acids is 1. The maximum Gasteiger partial charge on any atom is 0.227 e. The molecule has 1 aromatic rings. The Labute approximate surface area is 142 Å². The highest BCUT2D eigenvalue weighted by Gasteiger charge is 2.46. The number of piperidine rings is 1. The lowest BCUT2D eigenvalue weighted by Gasteiger charge is -2.50. The molecule has 132 valence electrons. The summed E-state index contributed by atoms with van der Waals surface area (Å²) in [5.74, 6) is -0.160. The Hall–Kier alpha value is -1.46. The van der Waals surface area contributed by atoms with Gasteiger partial charge in [0.2, 0.25) is 5.91 Å². The van der Waals surface area contributed by atoms with Gasteiger partial charge in [0.05, 0.1) is 19.1 Å². The topological polar surface area (TPSA) is 38.8 Å². The summed E-state index contributed by atoms with van der Waals surface area (Å²) < 4.78 is 24.7. The number of aryl methyl sites for hydroxylation is 1. The van der Waals surface area contributed by atoms with Crippen LogP contribution >= 0.6 is 0 Å². The molecule has 2 heterocycles. The highest BCUT2D eigenvalue weighted by Crippen LogP contribution is 2.40. The van der Waals surface area contributed by atoms with E-state index in [0.29, 0.717) is 19.6 Å². The largest absolute Gasteiger partial charge is 0.384 e. The van der Waals surface area contributed by atoms with Crippen LogP contribution in [0.25, 0.3) is 0 Å². The Morgan fingerprint density at radius 3 is 3.08 bits per heavy atom. The molecule has 0 bridgehead atoms. The normalized spacial score (nSPS) is 27.0. The van der Waals surface area contributed by atoms with E-state index in [2.05, 4.69) is 0 Å². The molecule has 2 saturated heterocycles. The number of rotatable bonds is 4. The maximum absolute atomic E-state index is 13.2. The molecule has 0 N–H and O–H groups in total. The average Bonchev–Trinajstić information content (AvgIpc) is 2.57. The summed E-state index contributed by atoms with van der Waals surface area (Å²) in [5, 5.41) is 0. The predicted molar refractivity (Wildman–Crippen MR) is 89.3 cm³/mol. The highest BCUT2D eigenvalue weighted by molar-refractivity contribution is 5.79. The van der Waals surface area contributed by atoms with E-state index in [4.69, 9.17) is 9.47 Å². The molecule has 2 fully saturated rings. The van der Waals surface area contributed by atoms with Gasteiger partial charge in [-0.15, -0.1) is 0 Å². The first-order valence-corrected chi connectivity index (χ1v) is 8.67. The smallest absolute Gasteiger partial charge is 0.227 e. The minimum Gasteiger partial charge on any atom is -0.384 e. The molecule has 0 aliphatic carbocycles. The van der Waals surface area contributed by atoms with Crippen LogP contribution in [0.15, 0.2) is 18.2 Å². The quantitative estimate of drug-likeness (QED) is 0.849. The van der Waals surface area contributed by atoms with Crippen molar-refractivity contribution in [2.75, 3.05) is 33.4 Å². The molecule has 3 rings (SSSR count). The number of hydrogen-bond acceptors (Lipinski definition) is 3. The summed E-state index contributed by atoms with van der Waals surface area (Å²) in [6, 6.07) is 4.61. The molecule has 2 atom stereocenters. The van der Waals surface area contributed by atoms with Gasteiger partial charge in [-0.3, -0.25) is 4.79 Å². The van der Waals surface area contributed by atoms with Crippen LogP contribution in [0.2, 0.25) is 0 Å². The Morgan fingerprint density at radius 1 is 1.50 bits per heavy atom. The van der Waals surface area contributed by atoms with Crippen LogP contribution in [0.5, 0.6) is 0 Å². The van der Waals surface area contributed by atoms with Gasteiger partial charge in [-0.05, 0) is 49.4 Å². The van der Waals surface area contributed by atoms with E-state index in [-0.39, 0.29) is 23.2 Å². The highest BCUT2D eigenvalue weighted by atomic mass is 19.1. The Kier molecular flexibility index (Phi) is 5.21. The fraction of sp³-hybridized carbons (Fsp3) is 0.632. The molecule has 2 aliphatic rings. The first-order valence-electron chi connectivity index (χ1n) is 8.67. The summed E-state index contributed by atoms with van der Waals surface area (Å²) in [6.45, 7) is 4.68. The van der Waals surface area contributed by atoms with Gasteiger partial charge in [0.1, 0.15) is 5.82 Å². The predicted octanol–water partition coefficient (Wildman–Crippen LogP) is 2.72. The molecule has 0 radical (unpaired) electrons. The number of nitrogens with zero attached hydrogens (tertiary/aromatic N) is 1. The number of likely N-dealkylation sites (tertiary alicyclic amines) is 1. The number of carbonyl (C=O) groups is 1. The summed E-state index contributed by atoms with van der Waals surface area (Å²) in [7, 11) is 1.71. The Balaban J connectivity index is 1.71. The molecule has 1 amide bonds. The monoisotopic (exact) mass is 335 g/mol. The Bertz CT molecular complexity index is 602. The molecule has 1 aromatic carbocycles. The van der Waals surface area contributed by atoms with Crippen molar-refractivity contribution >= 4 is 5.91 Å². The second-order valence-corrected chi connectivity index (χ2v) is 7.11. The van der Waals surface area contributed by atoms with Crippen molar-refractivity contribution in [3.8, 4) is 0 Å². The van der Waals surface area contributed by atoms with E-state index in [1.807, 2.05) is 11.8 Å². The van der Waals surface area contributed by atoms with Gasteiger partial charge in [0, 0.05) is 32.2 Å². The van der Waals surface area contributed by atoms with E-state index in [9.17, 15) is 9.18 Å². The van der Waals surface area contributed by atoms with Crippen molar-refractivity contribution < 1.29 is 18.7 Å². The summed E-state index contributed by atoms with van der Waals surface area (Å²) in [6.07, 6.45) is 3.41. The fourth-order valence-electron chi connectivity index (χ4n) is 4.13. The second kappa shape index (κ2) is 7.19. The number of fused-ring (bicyclic) bond motifs is 1. The number of hydrogen-bond donors (Lipinski definition) is 0. The molecule has 24 heavy (non-hydrogen) atoms. The van der Waals surface area contributed by atoms with Crippen LogP contribution in [0.1, 0.15) is 30.4 Å². The van der Waals surface area contributed by atoms with Crippen LogP contribution in [-0.2, 0) is 20.7 Å². The van der Waals surface area contributed by atoms with Crippen LogP contribution in [0.3, 0.4) is 0 Å². The van der Waals surface area contributed by atoms with Crippen molar-refractivity contribution in [3.05, 3.63) is 35.1 Å². The summed E-state index contributed by atoms with van der Waals surface area (Å²) in [5.41, 5.74) is 1.63. The van der Waals surface area contributed by atoms with Gasteiger partial charge in [-0.2, -0.15) is 0 Å². The maximum atomic E-state index is 13.2. The van der Waals surface area contributed by atoms with Crippen LogP contribution in [-0.4, -0.2) is 50.3 Å². The lowest BCUT2D eigenvalue weighted by atomic mass is 9.73. The average molecular weight is 335 g/mol. The zero-order chi connectivity index (χ0) is 17.2. The number of benzene rings is 1. The first kappa shape index (κ1) is 17.4. The zero-order valence-corrected chi connectivity index (χ0v) is 14.5. The molecular formula is C19H26FNO3. The lowest BCUT2D eigenvalue weighted by Crippen LogP contribution is -2.58. The third-order valence-corrected chi connectivity index (χ3v) is 5.42. The van der Waals surface area contributed by atoms with Crippen LogP contribution in [0, 0.1) is 18.2 Å². The van der Waals surface area contributed by atoms with Crippen LogP contribution < -0.4 is 0 Å². The lowest BCUT2D eigenvalue weighted by molar-refractivity contribution is -0.161. The number of ether oxygens (including phenoxy) is 2. The summed E-state index contributed by atoms with van der Waals surface area (Å²) in [4.78, 5) is 14.7. The SMILES string of the molecule is COC[C@@]12CCCO[C@H]1CCN(C(=O)Cc1ccc(F)cc1C)C2. The van der Waals surface area contributed by atoms with E-state index >= 15 is 0 Å². The molecule has 2 aliphatic heterocycles. The van der Waals surface area contributed by atoms with E-state index in [1.165, 1.54) is 12.1 Å². The van der Waals surface area contributed by atoms with Gasteiger partial charge < -0.3 is 14.4 Å². The standard InChI is InChI=1S/C19H26FNO3/c1-14-10-16(20)5-4-15(14)11-18(22)21-8-6-17-19(12-21,13-23-2)7-3-9-24-17/h4-5,10,17H,3,6-9,11-13H2,1-2H3/t17-,19-/m0/s1. The molecule has 4 nitrogen and oxygen atoms in total. The summed E-state index contributed by atoms with van der Waals surface area (Å²) >= 11 is 0. The van der Waals surface area contributed by atoms with E-state index in [1.54, 1.807) is 13.2 Å². The minimum absolute atomic E-state index is 0.0846.